The third-order valence-corrected chi connectivity index (χ3v) is 2.57. The summed E-state index contributed by atoms with van der Waals surface area (Å²) in [5.41, 5.74) is 1.60. The first-order valence-corrected chi connectivity index (χ1v) is 5.53. The minimum absolute atomic E-state index is 0.288. The van der Waals surface area contributed by atoms with Gasteiger partial charge in [-0.05, 0) is 11.6 Å². The number of hydrogen-bond donors (Lipinski definition) is 1. The van der Waals surface area contributed by atoms with Crippen molar-refractivity contribution in [3.05, 3.63) is 36.2 Å². The van der Waals surface area contributed by atoms with Crippen LogP contribution in [0.25, 0.3) is 23.1 Å². The second kappa shape index (κ2) is 4.70. The van der Waals surface area contributed by atoms with Crippen molar-refractivity contribution in [3.63, 3.8) is 0 Å². The fourth-order valence-corrected chi connectivity index (χ4v) is 1.71. The zero-order chi connectivity index (χ0) is 13.1. The van der Waals surface area contributed by atoms with Crippen LogP contribution in [0.1, 0.15) is 5.56 Å². The Morgan fingerprint density at radius 3 is 3.00 bits per heavy atom. The van der Waals surface area contributed by atoms with Crippen LogP contribution in [-0.2, 0) is 6.42 Å². The Morgan fingerprint density at radius 2 is 2.21 bits per heavy atom. The maximum absolute atomic E-state index is 8.81. The summed E-state index contributed by atoms with van der Waals surface area (Å²) in [7, 11) is 0. The molecule has 19 heavy (non-hydrogen) atoms. The van der Waals surface area contributed by atoms with Gasteiger partial charge in [-0.3, -0.25) is 5.10 Å². The van der Waals surface area contributed by atoms with Crippen molar-refractivity contribution in [2.24, 2.45) is 0 Å². The third kappa shape index (κ3) is 2.07. The number of benzene rings is 1. The number of rotatable bonds is 3. The number of hydrogen-bond acceptors (Lipinski definition) is 6. The number of nitrogens with zero attached hydrogens (tertiary/aromatic N) is 5. The van der Waals surface area contributed by atoms with E-state index in [1.807, 2.05) is 24.3 Å². The Bertz CT molecular complexity index is 725. The van der Waals surface area contributed by atoms with Crippen LogP contribution < -0.4 is 0 Å². The molecule has 0 aliphatic rings. The molecule has 0 amide bonds. The molecule has 1 aromatic carbocycles. The maximum Gasteiger partial charge on any atom is 0.258 e. The van der Waals surface area contributed by atoms with E-state index in [2.05, 4.69) is 31.4 Å². The summed E-state index contributed by atoms with van der Waals surface area (Å²) in [6.45, 7) is 0. The molecule has 2 aromatic heterocycles. The highest BCUT2D eigenvalue weighted by molar-refractivity contribution is 5.60. The van der Waals surface area contributed by atoms with Crippen molar-refractivity contribution in [1.29, 1.82) is 5.26 Å². The average molecular weight is 252 g/mol. The van der Waals surface area contributed by atoms with Gasteiger partial charge in [0, 0.05) is 5.56 Å². The van der Waals surface area contributed by atoms with Crippen molar-refractivity contribution in [3.8, 4) is 29.2 Å². The van der Waals surface area contributed by atoms with Crippen molar-refractivity contribution in [2.75, 3.05) is 0 Å². The molecule has 92 valence electrons. The van der Waals surface area contributed by atoms with E-state index in [1.165, 1.54) is 6.33 Å². The summed E-state index contributed by atoms with van der Waals surface area (Å²) in [6.07, 6.45) is 1.66. The van der Waals surface area contributed by atoms with Gasteiger partial charge in [0.05, 0.1) is 12.5 Å². The molecule has 0 bridgehead atoms. The van der Waals surface area contributed by atoms with Crippen LogP contribution >= 0.6 is 0 Å². The molecule has 0 aliphatic heterocycles. The quantitative estimate of drug-likeness (QED) is 0.758. The highest BCUT2D eigenvalue weighted by Crippen LogP contribution is 2.23. The molecule has 0 spiro atoms. The maximum atomic E-state index is 8.81. The zero-order valence-electron chi connectivity index (χ0n) is 9.74. The molecule has 3 aromatic rings. The third-order valence-electron chi connectivity index (χ3n) is 2.57. The molecule has 0 saturated heterocycles. The summed E-state index contributed by atoms with van der Waals surface area (Å²) in [6, 6.07) is 9.53. The van der Waals surface area contributed by atoms with Gasteiger partial charge in [-0.15, -0.1) is 0 Å². The van der Waals surface area contributed by atoms with Crippen LogP contribution in [0.3, 0.4) is 0 Å². The van der Waals surface area contributed by atoms with Crippen LogP contribution in [0.2, 0.25) is 0 Å². The molecule has 7 nitrogen and oxygen atoms in total. The topological polar surface area (TPSA) is 104 Å². The van der Waals surface area contributed by atoms with Gasteiger partial charge in [-0.25, -0.2) is 4.98 Å². The summed E-state index contributed by atoms with van der Waals surface area (Å²) >= 11 is 0. The average Bonchev–Trinajstić information content (AvgIpc) is 3.11. The lowest BCUT2D eigenvalue weighted by molar-refractivity contribution is 0.431. The smallest absolute Gasteiger partial charge is 0.258 e. The highest BCUT2D eigenvalue weighted by atomic mass is 16.5. The van der Waals surface area contributed by atoms with Crippen molar-refractivity contribution < 1.29 is 4.52 Å². The molecule has 0 atom stereocenters. The van der Waals surface area contributed by atoms with Gasteiger partial charge in [0.1, 0.15) is 6.33 Å². The van der Waals surface area contributed by atoms with E-state index in [4.69, 9.17) is 9.78 Å². The first-order valence-electron chi connectivity index (χ1n) is 5.53. The first kappa shape index (κ1) is 11.1. The van der Waals surface area contributed by atoms with Gasteiger partial charge in [0.25, 0.3) is 5.89 Å². The van der Waals surface area contributed by atoms with E-state index in [0.29, 0.717) is 17.5 Å². The number of aromatic nitrogens is 5. The minimum Gasteiger partial charge on any atom is -0.333 e. The van der Waals surface area contributed by atoms with Crippen LogP contribution in [0.4, 0.5) is 0 Å². The SMILES string of the molecule is N#CCc1ccccc1-c1nc(-c2ncn[nH]2)no1. The Morgan fingerprint density at radius 1 is 1.32 bits per heavy atom. The lowest BCUT2D eigenvalue weighted by atomic mass is 10.1. The molecule has 1 N–H and O–H groups in total. The Hall–Kier alpha value is -3.01. The van der Waals surface area contributed by atoms with Gasteiger partial charge in [-0.1, -0.05) is 23.4 Å². The molecule has 0 radical (unpaired) electrons. The normalized spacial score (nSPS) is 10.3. The minimum atomic E-state index is 0.288. The molecular weight excluding hydrogens is 244 g/mol. The summed E-state index contributed by atoms with van der Waals surface area (Å²) in [5, 5.41) is 19.0. The van der Waals surface area contributed by atoms with Crippen LogP contribution in [0, 0.1) is 11.3 Å². The van der Waals surface area contributed by atoms with E-state index in [9.17, 15) is 0 Å². The predicted octanol–water partition coefficient (Wildman–Crippen LogP) is 1.59. The Balaban J connectivity index is 2.02. The van der Waals surface area contributed by atoms with E-state index >= 15 is 0 Å². The first-order chi connectivity index (χ1) is 9.38. The molecule has 0 fully saturated rings. The Labute approximate surface area is 107 Å². The predicted molar refractivity (Wildman–Crippen MR) is 64.4 cm³/mol. The molecule has 2 heterocycles. The number of nitriles is 1. The van der Waals surface area contributed by atoms with E-state index < -0.39 is 0 Å². The van der Waals surface area contributed by atoms with Gasteiger partial charge in [-0.2, -0.15) is 15.3 Å². The zero-order valence-corrected chi connectivity index (χ0v) is 9.74. The van der Waals surface area contributed by atoms with Crippen molar-refractivity contribution in [2.45, 2.75) is 6.42 Å². The second-order valence-electron chi connectivity index (χ2n) is 3.75. The molecule has 0 aliphatic carbocycles. The van der Waals surface area contributed by atoms with Gasteiger partial charge in [0.2, 0.25) is 5.82 Å². The van der Waals surface area contributed by atoms with E-state index in [1.54, 1.807) is 0 Å². The van der Waals surface area contributed by atoms with Gasteiger partial charge < -0.3 is 4.52 Å². The highest BCUT2D eigenvalue weighted by Gasteiger charge is 2.14. The monoisotopic (exact) mass is 252 g/mol. The second-order valence-corrected chi connectivity index (χ2v) is 3.75. The largest absolute Gasteiger partial charge is 0.333 e. The van der Waals surface area contributed by atoms with Gasteiger partial charge in [0.15, 0.2) is 5.82 Å². The standard InChI is InChI=1S/C12H8N6O/c13-6-5-8-3-1-2-4-9(8)12-16-11(18-19-12)10-14-7-15-17-10/h1-4,7H,5H2,(H,14,15,17). The molecule has 3 rings (SSSR count). The number of nitrogens with one attached hydrogen (secondary N) is 1. The van der Waals surface area contributed by atoms with E-state index in [0.717, 1.165) is 11.1 Å². The number of aromatic amines is 1. The van der Waals surface area contributed by atoms with Crippen molar-refractivity contribution >= 4 is 0 Å². The Kier molecular flexibility index (Phi) is 2.74. The van der Waals surface area contributed by atoms with Crippen molar-refractivity contribution in [1.82, 2.24) is 25.3 Å². The fourth-order valence-electron chi connectivity index (χ4n) is 1.71. The molecule has 7 heteroatoms. The lowest BCUT2D eigenvalue weighted by Crippen LogP contribution is -1.88. The lowest BCUT2D eigenvalue weighted by Gasteiger charge is -2.00. The summed E-state index contributed by atoms with van der Waals surface area (Å²) in [4.78, 5) is 8.19. The van der Waals surface area contributed by atoms with Crippen LogP contribution in [-0.4, -0.2) is 25.3 Å². The molecule has 0 saturated carbocycles. The molecular formula is C12H8N6O. The summed E-state index contributed by atoms with van der Waals surface area (Å²) < 4.78 is 5.20. The summed E-state index contributed by atoms with van der Waals surface area (Å²) in [5.74, 6) is 1.13. The number of H-pyrrole nitrogens is 1. The fraction of sp³-hybridized carbons (Fsp3) is 0.0833. The van der Waals surface area contributed by atoms with E-state index in [-0.39, 0.29) is 6.42 Å². The van der Waals surface area contributed by atoms with Crippen LogP contribution in [0.5, 0.6) is 0 Å². The van der Waals surface area contributed by atoms with Crippen LogP contribution in [0.15, 0.2) is 35.1 Å². The van der Waals surface area contributed by atoms with Gasteiger partial charge >= 0.3 is 0 Å². The molecule has 0 unspecified atom stereocenters.